The summed E-state index contributed by atoms with van der Waals surface area (Å²) in [5.41, 5.74) is 3.48. The van der Waals surface area contributed by atoms with Gasteiger partial charge in [-0.05, 0) is 60.8 Å². The number of hydrazone groups is 1. The maximum atomic E-state index is 12.6. The number of ether oxygens (including phenoxy) is 2. The van der Waals surface area contributed by atoms with Gasteiger partial charge in [0.15, 0.2) is 11.5 Å². The van der Waals surface area contributed by atoms with Gasteiger partial charge in [0.25, 0.3) is 5.91 Å². The summed E-state index contributed by atoms with van der Waals surface area (Å²) in [6.07, 6.45) is 1.45. The number of hydrogen-bond donors (Lipinski definition) is 2. The Morgan fingerprint density at radius 3 is 2.32 bits per heavy atom. The molecule has 0 aliphatic rings. The van der Waals surface area contributed by atoms with Crippen molar-refractivity contribution in [3.8, 4) is 17.2 Å². The van der Waals surface area contributed by atoms with Crippen LogP contribution in [0.4, 0.5) is 0 Å². The summed E-state index contributed by atoms with van der Waals surface area (Å²) in [4.78, 5) is 12.6. The van der Waals surface area contributed by atoms with E-state index in [2.05, 4.69) is 42.4 Å². The number of phenols is 1. The number of methoxy groups -OCH3 is 2. The minimum atomic E-state index is -0.403. The number of halogens is 2. The van der Waals surface area contributed by atoms with E-state index in [4.69, 9.17) is 9.47 Å². The van der Waals surface area contributed by atoms with E-state index in [9.17, 15) is 9.90 Å². The highest BCUT2D eigenvalue weighted by Gasteiger charge is 2.15. The summed E-state index contributed by atoms with van der Waals surface area (Å²) in [7, 11) is 2.96. The maximum absolute atomic E-state index is 12.6. The molecule has 0 saturated carbocycles. The highest BCUT2D eigenvalue weighted by molar-refractivity contribution is 9.13. The minimum Gasteiger partial charge on any atom is -0.503 e. The molecule has 8 heteroatoms. The van der Waals surface area contributed by atoms with Gasteiger partial charge in [0.1, 0.15) is 5.75 Å². The van der Waals surface area contributed by atoms with Crippen LogP contribution in [0.25, 0.3) is 10.8 Å². The fraction of sp³-hybridized carbons (Fsp3) is 0.100. The molecule has 0 atom stereocenters. The summed E-state index contributed by atoms with van der Waals surface area (Å²) < 4.78 is 11.5. The molecule has 3 aromatic rings. The van der Waals surface area contributed by atoms with Gasteiger partial charge in [-0.1, -0.05) is 24.3 Å². The smallest absolute Gasteiger partial charge is 0.275 e. The Kier molecular flexibility index (Phi) is 6.21. The van der Waals surface area contributed by atoms with E-state index in [1.54, 1.807) is 12.1 Å². The first kappa shape index (κ1) is 20.2. The predicted molar refractivity (Wildman–Crippen MR) is 116 cm³/mol. The number of aromatic hydroxyl groups is 1. The van der Waals surface area contributed by atoms with Crippen molar-refractivity contribution in [2.24, 2.45) is 5.10 Å². The van der Waals surface area contributed by atoms with Crippen LogP contribution in [-0.2, 0) is 0 Å². The molecule has 2 N–H and O–H groups in total. The Labute approximate surface area is 178 Å². The van der Waals surface area contributed by atoms with Crippen LogP contribution in [0, 0.1) is 0 Å². The van der Waals surface area contributed by atoms with Crippen LogP contribution in [0.5, 0.6) is 17.2 Å². The number of benzene rings is 3. The third-order valence-electron chi connectivity index (χ3n) is 4.08. The number of rotatable bonds is 5. The number of fused-ring (bicyclic) bond motifs is 1. The Morgan fingerprint density at radius 2 is 1.68 bits per heavy atom. The molecule has 0 heterocycles. The lowest BCUT2D eigenvalue weighted by molar-refractivity contribution is 0.0952. The SMILES string of the molecule is COc1cc2ccccc2cc1C(=O)N/N=C\c1cc(OC)c(O)c(Br)c1Br. The average Bonchev–Trinajstić information content (AvgIpc) is 2.72. The molecule has 1 amide bonds. The molecule has 0 unspecified atom stereocenters. The summed E-state index contributed by atoms with van der Waals surface area (Å²) in [5.74, 6) is 0.303. The van der Waals surface area contributed by atoms with Gasteiger partial charge in [0.2, 0.25) is 0 Å². The van der Waals surface area contributed by atoms with E-state index in [-0.39, 0.29) is 11.5 Å². The zero-order valence-corrected chi connectivity index (χ0v) is 18.2. The van der Waals surface area contributed by atoms with Crippen molar-refractivity contribution in [3.05, 3.63) is 62.5 Å². The van der Waals surface area contributed by atoms with Gasteiger partial charge in [-0.25, -0.2) is 5.43 Å². The highest BCUT2D eigenvalue weighted by atomic mass is 79.9. The molecule has 0 aromatic heterocycles. The van der Waals surface area contributed by atoms with Gasteiger partial charge in [-0.15, -0.1) is 0 Å². The second-order valence-electron chi connectivity index (χ2n) is 5.74. The predicted octanol–water partition coefficient (Wildman–Crippen LogP) is 4.85. The van der Waals surface area contributed by atoms with Crippen molar-refractivity contribution in [2.45, 2.75) is 0 Å². The lowest BCUT2D eigenvalue weighted by Crippen LogP contribution is -2.18. The molecule has 0 spiro atoms. The van der Waals surface area contributed by atoms with Gasteiger partial charge in [0.05, 0.1) is 30.5 Å². The topological polar surface area (TPSA) is 80.2 Å². The Morgan fingerprint density at radius 1 is 1.04 bits per heavy atom. The van der Waals surface area contributed by atoms with E-state index in [0.29, 0.717) is 25.8 Å². The number of amides is 1. The van der Waals surface area contributed by atoms with E-state index >= 15 is 0 Å². The third kappa shape index (κ3) is 3.98. The van der Waals surface area contributed by atoms with Crippen LogP contribution in [0.15, 0.2) is 56.5 Å². The largest absolute Gasteiger partial charge is 0.503 e. The molecule has 0 bridgehead atoms. The molecule has 3 aromatic carbocycles. The van der Waals surface area contributed by atoms with E-state index in [1.165, 1.54) is 20.4 Å². The Bertz CT molecular complexity index is 1080. The minimum absolute atomic E-state index is 0.0311. The van der Waals surface area contributed by atoms with Gasteiger partial charge >= 0.3 is 0 Å². The van der Waals surface area contributed by atoms with Gasteiger partial charge in [0, 0.05) is 10.0 Å². The van der Waals surface area contributed by atoms with Crippen LogP contribution in [0.3, 0.4) is 0 Å². The van der Waals surface area contributed by atoms with Crippen molar-refractivity contribution >= 4 is 54.8 Å². The number of nitrogens with zero attached hydrogens (tertiary/aromatic N) is 1. The van der Waals surface area contributed by atoms with Crippen LogP contribution in [0.2, 0.25) is 0 Å². The maximum Gasteiger partial charge on any atom is 0.275 e. The van der Waals surface area contributed by atoms with Crippen LogP contribution in [-0.4, -0.2) is 31.4 Å². The molecule has 0 saturated heterocycles. The van der Waals surface area contributed by atoms with Crippen molar-refractivity contribution in [2.75, 3.05) is 14.2 Å². The molecule has 3 rings (SSSR count). The first-order chi connectivity index (χ1) is 13.5. The summed E-state index contributed by atoms with van der Waals surface area (Å²) in [6.45, 7) is 0. The lowest BCUT2D eigenvalue weighted by Gasteiger charge is -2.10. The van der Waals surface area contributed by atoms with Gasteiger partial charge in [-0.3, -0.25) is 4.79 Å². The molecule has 144 valence electrons. The van der Waals surface area contributed by atoms with Crippen LogP contribution < -0.4 is 14.9 Å². The van der Waals surface area contributed by atoms with Crippen LogP contribution >= 0.6 is 31.9 Å². The summed E-state index contributed by atoms with van der Waals surface area (Å²) in [6, 6.07) is 12.9. The standard InChI is InChI=1S/C20H16Br2N2O4/c1-27-15-8-12-6-4-3-5-11(12)7-14(15)20(26)24-23-10-13-9-16(28-2)19(25)18(22)17(13)21/h3-10,25H,1-2H3,(H,24,26)/b23-10-. The van der Waals surface area contributed by atoms with Crippen LogP contribution in [0.1, 0.15) is 15.9 Å². The second-order valence-corrected chi connectivity index (χ2v) is 7.33. The molecular formula is C20H16Br2N2O4. The normalized spacial score (nSPS) is 11.0. The number of phenolic OH excluding ortho intramolecular Hbond substituents is 1. The summed E-state index contributed by atoms with van der Waals surface area (Å²) >= 11 is 6.65. The summed E-state index contributed by atoms with van der Waals surface area (Å²) in [5, 5.41) is 15.9. The number of hydrogen-bond acceptors (Lipinski definition) is 5. The van der Waals surface area contributed by atoms with Gasteiger partial charge < -0.3 is 14.6 Å². The van der Waals surface area contributed by atoms with E-state index in [1.807, 2.05) is 30.3 Å². The Balaban J connectivity index is 1.87. The number of carbonyl (C=O) groups is 1. The van der Waals surface area contributed by atoms with E-state index < -0.39 is 5.91 Å². The zero-order chi connectivity index (χ0) is 20.3. The highest BCUT2D eigenvalue weighted by Crippen LogP contribution is 2.41. The lowest BCUT2D eigenvalue weighted by atomic mass is 10.1. The monoisotopic (exact) mass is 506 g/mol. The van der Waals surface area contributed by atoms with Crippen molar-refractivity contribution < 1.29 is 19.4 Å². The van der Waals surface area contributed by atoms with Crippen molar-refractivity contribution in [1.29, 1.82) is 0 Å². The van der Waals surface area contributed by atoms with E-state index in [0.717, 1.165) is 10.8 Å². The van der Waals surface area contributed by atoms with Crippen molar-refractivity contribution in [3.63, 3.8) is 0 Å². The van der Waals surface area contributed by atoms with Crippen molar-refractivity contribution in [1.82, 2.24) is 5.43 Å². The molecular weight excluding hydrogens is 492 g/mol. The number of carbonyl (C=O) groups excluding carboxylic acids is 1. The molecule has 28 heavy (non-hydrogen) atoms. The molecule has 0 fully saturated rings. The first-order valence-electron chi connectivity index (χ1n) is 8.11. The fourth-order valence-electron chi connectivity index (χ4n) is 2.65. The fourth-order valence-corrected chi connectivity index (χ4v) is 3.48. The number of nitrogens with one attached hydrogen (secondary N) is 1. The second kappa shape index (κ2) is 8.62. The average molecular weight is 508 g/mol. The zero-order valence-electron chi connectivity index (χ0n) is 15.0. The molecule has 0 aliphatic heterocycles. The Hall–Kier alpha value is -2.58. The van der Waals surface area contributed by atoms with Gasteiger partial charge in [-0.2, -0.15) is 5.10 Å². The molecule has 6 nitrogen and oxygen atoms in total. The third-order valence-corrected chi connectivity index (χ3v) is 6.23. The molecule has 0 aliphatic carbocycles. The first-order valence-corrected chi connectivity index (χ1v) is 9.70. The quantitative estimate of drug-likeness (QED) is 0.382. The molecule has 0 radical (unpaired) electrons.